The summed E-state index contributed by atoms with van der Waals surface area (Å²) in [6, 6.07) is 0. The average molecular weight is 280 g/mol. The van der Waals surface area contributed by atoms with Gasteiger partial charge in [0.15, 0.2) is 0 Å². The molecule has 0 aromatic rings. The summed E-state index contributed by atoms with van der Waals surface area (Å²) in [4.78, 5) is 23.4. The SMILES string of the molecule is CC(C)OC(=O)/C=C1\CCCC\C1=C/C(=O)OC(C)C. The van der Waals surface area contributed by atoms with Crippen LogP contribution in [0.3, 0.4) is 0 Å². The van der Waals surface area contributed by atoms with Crippen LogP contribution in [0.4, 0.5) is 0 Å². The molecule has 112 valence electrons. The van der Waals surface area contributed by atoms with Gasteiger partial charge in [-0.25, -0.2) is 9.59 Å². The summed E-state index contributed by atoms with van der Waals surface area (Å²) in [5.41, 5.74) is 1.78. The molecule has 0 aromatic heterocycles. The smallest absolute Gasteiger partial charge is 0.331 e. The third kappa shape index (κ3) is 6.04. The molecule has 0 heterocycles. The Morgan fingerprint density at radius 2 is 1.20 bits per heavy atom. The lowest BCUT2D eigenvalue weighted by molar-refractivity contribution is -0.142. The van der Waals surface area contributed by atoms with Crippen LogP contribution in [0.25, 0.3) is 0 Å². The van der Waals surface area contributed by atoms with Gasteiger partial charge in [0.1, 0.15) is 0 Å². The maximum Gasteiger partial charge on any atom is 0.331 e. The first-order chi connectivity index (χ1) is 9.38. The summed E-state index contributed by atoms with van der Waals surface area (Å²) in [6.45, 7) is 7.25. The molecule has 0 N–H and O–H groups in total. The van der Waals surface area contributed by atoms with E-state index in [0.29, 0.717) is 0 Å². The van der Waals surface area contributed by atoms with Crippen molar-refractivity contribution >= 4 is 11.9 Å². The Morgan fingerprint density at radius 3 is 1.50 bits per heavy atom. The van der Waals surface area contributed by atoms with E-state index in [1.807, 2.05) is 27.7 Å². The first-order valence-corrected chi connectivity index (χ1v) is 7.21. The molecule has 0 aliphatic heterocycles. The molecule has 1 aliphatic rings. The number of hydrogen-bond donors (Lipinski definition) is 0. The Kier molecular flexibility index (Phi) is 6.49. The zero-order valence-electron chi connectivity index (χ0n) is 12.8. The van der Waals surface area contributed by atoms with Gasteiger partial charge in [-0.3, -0.25) is 0 Å². The number of allylic oxidation sites excluding steroid dienone is 2. The van der Waals surface area contributed by atoms with E-state index in [2.05, 4.69) is 0 Å². The fourth-order valence-electron chi connectivity index (χ4n) is 2.10. The molecule has 0 spiro atoms. The second kappa shape index (κ2) is 7.88. The topological polar surface area (TPSA) is 52.6 Å². The first-order valence-electron chi connectivity index (χ1n) is 7.21. The van der Waals surface area contributed by atoms with Crippen LogP contribution in [0.2, 0.25) is 0 Å². The monoisotopic (exact) mass is 280 g/mol. The second-order valence-corrected chi connectivity index (χ2v) is 5.52. The second-order valence-electron chi connectivity index (χ2n) is 5.52. The molecule has 1 fully saturated rings. The van der Waals surface area contributed by atoms with Crippen molar-refractivity contribution in [3.63, 3.8) is 0 Å². The highest BCUT2D eigenvalue weighted by Crippen LogP contribution is 2.28. The lowest BCUT2D eigenvalue weighted by Crippen LogP contribution is -2.13. The fraction of sp³-hybridized carbons (Fsp3) is 0.625. The van der Waals surface area contributed by atoms with Crippen molar-refractivity contribution in [3.8, 4) is 0 Å². The summed E-state index contributed by atoms with van der Waals surface area (Å²) in [6.07, 6.45) is 6.39. The molecule has 0 aromatic carbocycles. The largest absolute Gasteiger partial charge is 0.460 e. The molecule has 0 bridgehead atoms. The zero-order valence-corrected chi connectivity index (χ0v) is 12.8. The number of ether oxygens (including phenoxy) is 2. The predicted octanol–water partition coefficient (Wildman–Crippen LogP) is 3.32. The molecule has 0 atom stereocenters. The van der Waals surface area contributed by atoms with Gasteiger partial charge in [0.25, 0.3) is 0 Å². The Hall–Kier alpha value is -1.58. The molecular formula is C16H24O4. The highest BCUT2D eigenvalue weighted by atomic mass is 16.5. The summed E-state index contributed by atoms with van der Waals surface area (Å²) in [7, 11) is 0. The van der Waals surface area contributed by atoms with Crippen molar-refractivity contribution in [2.45, 2.75) is 65.6 Å². The number of rotatable bonds is 4. The minimum atomic E-state index is -0.347. The number of carbonyl (C=O) groups is 2. The maximum absolute atomic E-state index is 11.7. The molecule has 1 aliphatic carbocycles. The van der Waals surface area contributed by atoms with Gasteiger partial charge in [-0.2, -0.15) is 0 Å². The lowest BCUT2D eigenvalue weighted by atomic mass is 9.89. The average Bonchev–Trinajstić information content (AvgIpc) is 2.29. The van der Waals surface area contributed by atoms with E-state index in [-0.39, 0.29) is 24.1 Å². The van der Waals surface area contributed by atoms with E-state index in [1.54, 1.807) is 0 Å². The van der Waals surface area contributed by atoms with Crippen LogP contribution in [-0.2, 0) is 19.1 Å². The standard InChI is InChI=1S/C16H24O4/c1-11(2)19-15(17)9-13-7-5-6-8-14(13)10-16(18)20-12(3)4/h9-12H,5-8H2,1-4H3/b13-9+,14-10+. The van der Waals surface area contributed by atoms with Crippen LogP contribution in [0, 0.1) is 0 Å². The lowest BCUT2D eigenvalue weighted by Gasteiger charge is -2.18. The third-order valence-corrected chi connectivity index (χ3v) is 2.84. The van der Waals surface area contributed by atoms with Gasteiger partial charge in [0.05, 0.1) is 12.2 Å². The van der Waals surface area contributed by atoms with Gasteiger partial charge in [0, 0.05) is 12.2 Å². The normalized spacial score (nSPS) is 19.7. The Morgan fingerprint density at radius 1 is 0.850 bits per heavy atom. The zero-order chi connectivity index (χ0) is 15.1. The van der Waals surface area contributed by atoms with Crippen LogP contribution in [0.5, 0.6) is 0 Å². The van der Waals surface area contributed by atoms with Gasteiger partial charge in [-0.1, -0.05) is 0 Å². The molecular weight excluding hydrogens is 256 g/mol. The van der Waals surface area contributed by atoms with Crippen LogP contribution in [-0.4, -0.2) is 24.1 Å². The summed E-state index contributed by atoms with van der Waals surface area (Å²) >= 11 is 0. The van der Waals surface area contributed by atoms with E-state index in [9.17, 15) is 9.59 Å². The molecule has 1 rings (SSSR count). The van der Waals surface area contributed by atoms with Crippen LogP contribution in [0.1, 0.15) is 53.4 Å². The first kappa shape index (κ1) is 16.5. The van der Waals surface area contributed by atoms with Crippen LogP contribution in [0.15, 0.2) is 23.3 Å². The van der Waals surface area contributed by atoms with E-state index >= 15 is 0 Å². The molecule has 0 amide bonds. The quantitative estimate of drug-likeness (QED) is 0.585. The third-order valence-electron chi connectivity index (χ3n) is 2.84. The number of esters is 2. The van der Waals surface area contributed by atoms with Gasteiger partial charge in [0.2, 0.25) is 0 Å². The molecule has 1 saturated carbocycles. The highest BCUT2D eigenvalue weighted by Gasteiger charge is 2.16. The highest BCUT2D eigenvalue weighted by molar-refractivity contribution is 5.87. The van der Waals surface area contributed by atoms with Crippen molar-refractivity contribution in [1.29, 1.82) is 0 Å². The van der Waals surface area contributed by atoms with E-state index in [1.165, 1.54) is 12.2 Å². The molecule has 0 radical (unpaired) electrons. The van der Waals surface area contributed by atoms with Crippen molar-refractivity contribution in [2.75, 3.05) is 0 Å². The summed E-state index contributed by atoms with van der Waals surface area (Å²) < 4.78 is 10.2. The Bertz CT molecular complexity index is 376. The minimum absolute atomic E-state index is 0.138. The van der Waals surface area contributed by atoms with Crippen LogP contribution < -0.4 is 0 Å². The van der Waals surface area contributed by atoms with Gasteiger partial charge in [-0.15, -0.1) is 0 Å². The molecule has 0 unspecified atom stereocenters. The van der Waals surface area contributed by atoms with Gasteiger partial charge in [-0.05, 0) is 64.5 Å². The minimum Gasteiger partial charge on any atom is -0.460 e. The predicted molar refractivity (Wildman–Crippen MR) is 77.1 cm³/mol. The molecule has 4 nitrogen and oxygen atoms in total. The number of hydrogen-bond acceptors (Lipinski definition) is 4. The Balaban J connectivity index is 2.81. The molecule has 20 heavy (non-hydrogen) atoms. The molecule has 0 saturated heterocycles. The van der Waals surface area contributed by atoms with E-state index < -0.39 is 0 Å². The van der Waals surface area contributed by atoms with Crippen LogP contribution >= 0.6 is 0 Å². The van der Waals surface area contributed by atoms with E-state index in [4.69, 9.17) is 9.47 Å². The fourth-order valence-corrected chi connectivity index (χ4v) is 2.10. The maximum atomic E-state index is 11.7. The van der Waals surface area contributed by atoms with E-state index in [0.717, 1.165) is 36.8 Å². The summed E-state index contributed by atoms with van der Waals surface area (Å²) in [5, 5.41) is 0. The Labute approximate surface area is 120 Å². The van der Waals surface area contributed by atoms with Crippen molar-refractivity contribution < 1.29 is 19.1 Å². The van der Waals surface area contributed by atoms with Crippen molar-refractivity contribution in [3.05, 3.63) is 23.3 Å². The van der Waals surface area contributed by atoms with Gasteiger partial charge >= 0.3 is 11.9 Å². The van der Waals surface area contributed by atoms with Crippen molar-refractivity contribution in [1.82, 2.24) is 0 Å². The number of carbonyl (C=O) groups excluding carboxylic acids is 2. The summed E-state index contributed by atoms with van der Waals surface area (Å²) in [5.74, 6) is -0.694. The molecule has 4 heteroatoms. The van der Waals surface area contributed by atoms with Crippen molar-refractivity contribution in [2.24, 2.45) is 0 Å². The van der Waals surface area contributed by atoms with Gasteiger partial charge < -0.3 is 9.47 Å².